The van der Waals surface area contributed by atoms with Gasteiger partial charge in [0.25, 0.3) is 15.7 Å². The molecule has 0 aromatic heterocycles. The number of non-ortho nitro benzene ring substituents is 1. The van der Waals surface area contributed by atoms with Gasteiger partial charge in [-0.15, -0.1) is 0 Å². The van der Waals surface area contributed by atoms with Crippen molar-refractivity contribution in [1.29, 1.82) is 0 Å². The number of rotatable bonds is 5. The summed E-state index contributed by atoms with van der Waals surface area (Å²) in [4.78, 5) is 9.87. The van der Waals surface area contributed by atoms with E-state index in [0.29, 0.717) is 0 Å². The number of nitrogens with one attached hydrogen (secondary N) is 1. The minimum absolute atomic E-state index is 0.131. The van der Waals surface area contributed by atoms with Crippen LogP contribution in [-0.2, 0) is 10.0 Å². The molecule has 0 spiro atoms. The SMILES string of the molecule is COc1cc([N+](=O)[O-])ccc1S(=O)(=O)Nc1ccccc1Cl. The van der Waals surface area contributed by atoms with Crippen molar-refractivity contribution in [1.82, 2.24) is 0 Å². The van der Waals surface area contributed by atoms with Gasteiger partial charge in [0.2, 0.25) is 0 Å². The summed E-state index contributed by atoms with van der Waals surface area (Å²) in [7, 11) is -2.77. The summed E-state index contributed by atoms with van der Waals surface area (Å²) in [6, 6.07) is 9.55. The highest BCUT2D eigenvalue weighted by atomic mass is 35.5. The number of sulfonamides is 1. The molecule has 2 aromatic rings. The number of para-hydroxylation sites is 1. The van der Waals surface area contributed by atoms with Crippen molar-refractivity contribution in [3.05, 3.63) is 57.6 Å². The van der Waals surface area contributed by atoms with Crippen LogP contribution in [0.4, 0.5) is 11.4 Å². The molecule has 0 saturated carbocycles. The first-order chi connectivity index (χ1) is 10.3. The summed E-state index contributed by atoms with van der Waals surface area (Å²) in [6.45, 7) is 0. The predicted molar refractivity (Wildman–Crippen MR) is 81.9 cm³/mol. The zero-order valence-corrected chi connectivity index (χ0v) is 12.9. The first kappa shape index (κ1) is 16.1. The van der Waals surface area contributed by atoms with Gasteiger partial charge in [-0.1, -0.05) is 23.7 Å². The Morgan fingerprint density at radius 1 is 1.23 bits per heavy atom. The number of anilines is 1. The van der Waals surface area contributed by atoms with Crippen molar-refractivity contribution in [3.8, 4) is 5.75 Å². The van der Waals surface area contributed by atoms with Crippen LogP contribution in [0, 0.1) is 10.1 Å². The lowest BCUT2D eigenvalue weighted by atomic mass is 10.3. The van der Waals surface area contributed by atoms with Crippen LogP contribution >= 0.6 is 11.6 Å². The summed E-state index contributed by atoms with van der Waals surface area (Å²) in [5.41, 5.74) is -0.0712. The zero-order valence-electron chi connectivity index (χ0n) is 11.3. The first-order valence-electron chi connectivity index (χ1n) is 5.95. The maximum atomic E-state index is 12.4. The van der Waals surface area contributed by atoms with Crippen molar-refractivity contribution in [2.75, 3.05) is 11.8 Å². The van der Waals surface area contributed by atoms with Gasteiger partial charge in [-0.25, -0.2) is 8.42 Å². The van der Waals surface area contributed by atoms with Crippen molar-refractivity contribution in [2.24, 2.45) is 0 Å². The van der Waals surface area contributed by atoms with Crippen LogP contribution in [0.2, 0.25) is 5.02 Å². The minimum Gasteiger partial charge on any atom is -0.495 e. The minimum atomic E-state index is -4.00. The Balaban J connectivity index is 2.45. The number of benzene rings is 2. The van der Waals surface area contributed by atoms with E-state index in [2.05, 4.69) is 4.72 Å². The second-order valence-corrected chi connectivity index (χ2v) is 6.24. The summed E-state index contributed by atoms with van der Waals surface area (Å²) in [5.74, 6) is -0.131. The van der Waals surface area contributed by atoms with E-state index in [0.717, 1.165) is 18.2 Å². The van der Waals surface area contributed by atoms with Crippen molar-refractivity contribution < 1.29 is 18.1 Å². The number of hydrogen-bond donors (Lipinski definition) is 1. The van der Waals surface area contributed by atoms with Gasteiger partial charge in [-0.05, 0) is 18.2 Å². The van der Waals surface area contributed by atoms with Crippen LogP contribution in [0.15, 0.2) is 47.4 Å². The topological polar surface area (TPSA) is 98.5 Å². The number of nitrogens with zero attached hydrogens (tertiary/aromatic N) is 1. The Morgan fingerprint density at radius 2 is 1.91 bits per heavy atom. The maximum Gasteiger partial charge on any atom is 0.273 e. The monoisotopic (exact) mass is 342 g/mol. The van der Waals surface area contributed by atoms with Gasteiger partial charge in [0.05, 0.1) is 28.8 Å². The molecule has 0 radical (unpaired) electrons. The highest BCUT2D eigenvalue weighted by molar-refractivity contribution is 7.92. The number of ether oxygens (including phenoxy) is 1. The summed E-state index contributed by atoms with van der Waals surface area (Å²) >= 11 is 5.91. The lowest BCUT2D eigenvalue weighted by molar-refractivity contribution is -0.385. The number of nitro groups is 1. The largest absolute Gasteiger partial charge is 0.495 e. The molecule has 0 aliphatic heterocycles. The van der Waals surface area contributed by atoms with Gasteiger partial charge in [0.1, 0.15) is 10.6 Å². The quantitative estimate of drug-likeness (QED) is 0.665. The zero-order chi connectivity index (χ0) is 16.3. The Labute approximate surface area is 131 Å². The molecular formula is C13H11ClN2O5S. The lowest BCUT2D eigenvalue weighted by Crippen LogP contribution is -2.14. The smallest absolute Gasteiger partial charge is 0.273 e. The summed E-state index contributed by atoms with van der Waals surface area (Å²) in [6.07, 6.45) is 0. The molecule has 9 heteroatoms. The highest BCUT2D eigenvalue weighted by Crippen LogP contribution is 2.31. The number of halogens is 1. The van der Waals surface area contributed by atoms with Crippen LogP contribution < -0.4 is 9.46 Å². The number of hydrogen-bond acceptors (Lipinski definition) is 5. The fourth-order valence-corrected chi connectivity index (χ4v) is 3.21. The number of nitro benzene ring substituents is 1. The molecule has 0 unspecified atom stereocenters. The molecule has 0 aliphatic carbocycles. The Kier molecular flexibility index (Phi) is 4.53. The fraction of sp³-hybridized carbons (Fsp3) is 0.0769. The van der Waals surface area contributed by atoms with Gasteiger partial charge >= 0.3 is 0 Å². The van der Waals surface area contributed by atoms with Crippen molar-refractivity contribution in [2.45, 2.75) is 4.90 Å². The Morgan fingerprint density at radius 3 is 2.50 bits per heavy atom. The van der Waals surface area contributed by atoms with Gasteiger partial charge in [0, 0.05) is 6.07 Å². The molecule has 1 N–H and O–H groups in total. The third-order valence-electron chi connectivity index (χ3n) is 2.77. The van der Waals surface area contributed by atoms with E-state index in [9.17, 15) is 18.5 Å². The fourth-order valence-electron chi connectivity index (χ4n) is 1.74. The molecule has 0 heterocycles. The van der Waals surface area contributed by atoms with Crippen LogP contribution in [0.5, 0.6) is 5.75 Å². The third-order valence-corrected chi connectivity index (χ3v) is 4.50. The maximum absolute atomic E-state index is 12.4. The third kappa shape index (κ3) is 3.29. The Hall–Kier alpha value is -2.32. The van der Waals surface area contributed by atoms with Gasteiger partial charge in [-0.2, -0.15) is 0 Å². The van der Waals surface area contributed by atoms with E-state index < -0.39 is 14.9 Å². The molecule has 0 aliphatic rings. The molecule has 0 atom stereocenters. The lowest BCUT2D eigenvalue weighted by Gasteiger charge is -2.12. The molecule has 116 valence electrons. The number of methoxy groups -OCH3 is 1. The molecule has 0 bridgehead atoms. The van der Waals surface area contributed by atoms with Crippen LogP contribution in [0.1, 0.15) is 0 Å². The van der Waals surface area contributed by atoms with Gasteiger partial charge < -0.3 is 4.74 Å². The first-order valence-corrected chi connectivity index (χ1v) is 7.81. The molecular weight excluding hydrogens is 332 g/mol. The van der Waals surface area contributed by atoms with Crippen molar-refractivity contribution >= 4 is 33.0 Å². The molecule has 2 aromatic carbocycles. The van der Waals surface area contributed by atoms with E-state index in [1.165, 1.54) is 19.2 Å². The average molecular weight is 343 g/mol. The second kappa shape index (κ2) is 6.20. The Bertz CT molecular complexity index is 823. The van der Waals surface area contributed by atoms with Crippen LogP contribution in [-0.4, -0.2) is 20.5 Å². The van der Waals surface area contributed by atoms with E-state index in [4.69, 9.17) is 16.3 Å². The molecule has 0 fully saturated rings. The molecule has 2 rings (SSSR count). The molecule has 22 heavy (non-hydrogen) atoms. The standard InChI is InChI=1S/C13H11ClN2O5S/c1-21-12-8-9(16(17)18)6-7-13(12)22(19,20)15-11-5-3-2-4-10(11)14/h2-8,15H,1H3. The van der Waals surface area contributed by atoms with Crippen LogP contribution in [0.3, 0.4) is 0 Å². The molecule has 7 nitrogen and oxygen atoms in total. The highest BCUT2D eigenvalue weighted by Gasteiger charge is 2.23. The van der Waals surface area contributed by atoms with E-state index in [-0.39, 0.29) is 27.0 Å². The molecule has 0 amide bonds. The van der Waals surface area contributed by atoms with Gasteiger partial charge in [-0.3, -0.25) is 14.8 Å². The normalized spacial score (nSPS) is 11.0. The van der Waals surface area contributed by atoms with Gasteiger partial charge in [0.15, 0.2) is 0 Å². The second-order valence-electron chi connectivity index (χ2n) is 4.18. The van der Waals surface area contributed by atoms with Crippen molar-refractivity contribution in [3.63, 3.8) is 0 Å². The van der Waals surface area contributed by atoms with E-state index in [1.807, 2.05) is 0 Å². The van der Waals surface area contributed by atoms with Crippen LogP contribution in [0.25, 0.3) is 0 Å². The average Bonchev–Trinajstić information content (AvgIpc) is 2.48. The predicted octanol–water partition coefficient (Wildman–Crippen LogP) is 3.06. The van der Waals surface area contributed by atoms with E-state index >= 15 is 0 Å². The van der Waals surface area contributed by atoms with E-state index in [1.54, 1.807) is 12.1 Å². The molecule has 0 saturated heterocycles. The summed E-state index contributed by atoms with van der Waals surface area (Å²) in [5, 5.41) is 11.0. The summed E-state index contributed by atoms with van der Waals surface area (Å²) < 4.78 is 32.0.